The van der Waals surface area contributed by atoms with Gasteiger partial charge in [-0.1, -0.05) is 60.7 Å². The molecule has 0 fully saturated rings. The fraction of sp³-hybridized carbons (Fsp3) is 0.161. The molecule has 0 bridgehead atoms. The van der Waals surface area contributed by atoms with Crippen LogP contribution in [0.15, 0.2) is 103 Å². The zero-order valence-electron chi connectivity index (χ0n) is 21.4. The molecular weight excluding hydrogens is 474 g/mol. The van der Waals surface area contributed by atoms with Crippen LogP contribution in [0.3, 0.4) is 0 Å². The van der Waals surface area contributed by atoms with Crippen LogP contribution in [0.25, 0.3) is 11.5 Å². The molecule has 2 amide bonds. The van der Waals surface area contributed by atoms with E-state index in [1.54, 1.807) is 7.11 Å². The minimum Gasteiger partial charge on any atom is -0.497 e. The van der Waals surface area contributed by atoms with Crippen LogP contribution < -0.4 is 10.1 Å². The summed E-state index contributed by atoms with van der Waals surface area (Å²) >= 11 is 0. The molecule has 6 rings (SSSR count). The molecule has 2 aromatic heterocycles. The number of amides is 2. The van der Waals surface area contributed by atoms with E-state index in [4.69, 9.17) is 9.84 Å². The third-order valence-electron chi connectivity index (χ3n) is 7.04. The number of para-hydroxylation sites is 1. The Bertz CT molecular complexity index is 1570. The Labute approximate surface area is 221 Å². The number of ether oxygens (including phenoxy) is 1. The normalized spacial score (nSPS) is 14.4. The summed E-state index contributed by atoms with van der Waals surface area (Å²) in [5, 5.41) is 8.07. The van der Waals surface area contributed by atoms with Crippen molar-refractivity contribution >= 4 is 6.03 Å². The Morgan fingerprint density at radius 1 is 0.974 bits per heavy atom. The number of urea groups is 1. The van der Waals surface area contributed by atoms with Gasteiger partial charge in [0.25, 0.3) is 0 Å². The second-order valence-corrected chi connectivity index (χ2v) is 9.39. The molecule has 3 aromatic carbocycles. The summed E-state index contributed by atoms with van der Waals surface area (Å²) in [4.78, 5) is 15.8. The zero-order chi connectivity index (χ0) is 26.1. The standard InChI is InChI=1S/C31H29N5O2/c1-22-27-21-35(31(37)32-20-23-11-5-3-6-12-23)29(24-13-9-16-26(19-24)38-2)28-17-10-18-34(28)30(27)36(33-22)25-14-7-4-8-15-25/h3-19,29H,20-21H2,1-2H3,(H,32,37)/t29-/m0/s1. The first-order valence-electron chi connectivity index (χ1n) is 12.7. The smallest absolute Gasteiger partial charge is 0.318 e. The molecule has 0 saturated carbocycles. The van der Waals surface area contributed by atoms with E-state index in [0.717, 1.165) is 45.3 Å². The van der Waals surface area contributed by atoms with Crippen molar-refractivity contribution in [2.75, 3.05) is 7.11 Å². The van der Waals surface area contributed by atoms with Crippen molar-refractivity contribution < 1.29 is 9.53 Å². The number of benzene rings is 3. The number of hydrogen-bond acceptors (Lipinski definition) is 3. The number of fused-ring (bicyclic) bond motifs is 3. The second kappa shape index (κ2) is 9.94. The minimum atomic E-state index is -0.341. The van der Waals surface area contributed by atoms with E-state index in [9.17, 15) is 4.79 Å². The fourth-order valence-corrected chi connectivity index (χ4v) is 5.19. The molecule has 0 aliphatic carbocycles. The first-order valence-corrected chi connectivity index (χ1v) is 12.7. The summed E-state index contributed by atoms with van der Waals surface area (Å²) < 4.78 is 9.69. The van der Waals surface area contributed by atoms with Crippen LogP contribution in [-0.2, 0) is 13.1 Å². The lowest BCUT2D eigenvalue weighted by Crippen LogP contribution is -2.41. The van der Waals surface area contributed by atoms with Crippen LogP contribution >= 0.6 is 0 Å². The van der Waals surface area contributed by atoms with Crippen molar-refractivity contribution in [2.24, 2.45) is 0 Å². The Hall–Kier alpha value is -4.78. The molecule has 0 spiro atoms. The number of hydrogen-bond donors (Lipinski definition) is 1. The molecule has 1 atom stereocenters. The number of aromatic nitrogens is 3. The Morgan fingerprint density at radius 2 is 1.74 bits per heavy atom. The third kappa shape index (κ3) is 4.22. The van der Waals surface area contributed by atoms with Crippen molar-refractivity contribution in [3.8, 4) is 17.3 Å². The highest BCUT2D eigenvalue weighted by Crippen LogP contribution is 2.39. The highest BCUT2D eigenvalue weighted by Gasteiger charge is 2.36. The SMILES string of the molecule is COc1cccc([C@H]2c3cccn3-c3c(c(C)nn3-c3ccccc3)CN2C(=O)NCc2ccccc2)c1. The molecule has 1 N–H and O–H groups in total. The average molecular weight is 504 g/mol. The minimum absolute atomic E-state index is 0.144. The van der Waals surface area contributed by atoms with Gasteiger partial charge in [0.05, 0.1) is 36.8 Å². The van der Waals surface area contributed by atoms with E-state index >= 15 is 0 Å². The quantitative estimate of drug-likeness (QED) is 0.330. The second-order valence-electron chi connectivity index (χ2n) is 9.39. The van der Waals surface area contributed by atoms with Gasteiger partial charge in [0.1, 0.15) is 11.6 Å². The summed E-state index contributed by atoms with van der Waals surface area (Å²) in [5.74, 6) is 1.69. The maximum atomic E-state index is 13.9. The number of methoxy groups -OCH3 is 1. The largest absolute Gasteiger partial charge is 0.497 e. The van der Waals surface area contributed by atoms with E-state index in [1.807, 2.05) is 114 Å². The van der Waals surface area contributed by atoms with Gasteiger partial charge in [0.15, 0.2) is 0 Å². The molecule has 0 saturated heterocycles. The van der Waals surface area contributed by atoms with Crippen LogP contribution in [0.5, 0.6) is 5.75 Å². The lowest BCUT2D eigenvalue weighted by Gasteiger charge is -2.31. The zero-order valence-corrected chi connectivity index (χ0v) is 21.4. The summed E-state index contributed by atoms with van der Waals surface area (Å²) in [7, 11) is 1.66. The van der Waals surface area contributed by atoms with Gasteiger partial charge in [-0.3, -0.25) is 0 Å². The molecule has 7 heteroatoms. The van der Waals surface area contributed by atoms with Crippen LogP contribution in [0.4, 0.5) is 4.79 Å². The average Bonchev–Trinajstić information content (AvgIpc) is 3.53. The van der Waals surface area contributed by atoms with E-state index in [1.165, 1.54) is 0 Å². The van der Waals surface area contributed by atoms with Gasteiger partial charge in [0, 0.05) is 18.3 Å². The van der Waals surface area contributed by atoms with Gasteiger partial charge in [-0.25, -0.2) is 9.48 Å². The highest BCUT2D eigenvalue weighted by atomic mass is 16.5. The molecule has 1 aliphatic rings. The summed E-state index contributed by atoms with van der Waals surface area (Å²) in [6.45, 7) is 2.85. The predicted molar refractivity (Wildman–Crippen MR) is 147 cm³/mol. The molecule has 7 nitrogen and oxygen atoms in total. The summed E-state index contributed by atoms with van der Waals surface area (Å²) in [6.07, 6.45) is 2.05. The number of carbonyl (C=O) groups is 1. The number of nitrogens with one attached hydrogen (secondary N) is 1. The highest BCUT2D eigenvalue weighted by molar-refractivity contribution is 5.76. The first-order chi connectivity index (χ1) is 18.6. The van der Waals surface area contributed by atoms with E-state index in [2.05, 4.69) is 16.0 Å². The Kier molecular flexibility index (Phi) is 6.17. The Balaban J connectivity index is 1.50. The third-order valence-corrected chi connectivity index (χ3v) is 7.04. The maximum absolute atomic E-state index is 13.9. The summed E-state index contributed by atoms with van der Waals surface area (Å²) in [6, 6.07) is 31.6. The lowest BCUT2D eigenvalue weighted by atomic mass is 10.0. The van der Waals surface area contributed by atoms with Gasteiger partial charge in [-0.2, -0.15) is 5.10 Å². The first kappa shape index (κ1) is 23.6. The van der Waals surface area contributed by atoms with Crippen LogP contribution in [0.2, 0.25) is 0 Å². The van der Waals surface area contributed by atoms with Gasteiger partial charge < -0.3 is 19.5 Å². The summed E-state index contributed by atoms with van der Waals surface area (Å²) in [5.41, 5.74) is 5.86. The van der Waals surface area contributed by atoms with E-state index < -0.39 is 0 Å². The van der Waals surface area contributed by atoms with E-state index in [-0.39, 0.29) is 12.1 Å². The number of nitrogens with zero attached hydrogens (tertiary/aromatic N) is 4. The molecule has 190 valence electrons. The van der Waals surface area contributed by atoms with Crippen molar-refractivity contribution in [3.63, 3.8) is 0 Å². The van der Waals surface area contributed by atoms with Gasteiger partial charge in [0.2, 0.25) is 0 Å². The topological polar surface area (TPSA) is 64.3 Å². The van der Waals surface area contributed by atoms with Gasteiger partial charge >= 0.3 is 6.03 Å². The maximum Gasteiger partial charge on any atom is 0.318 e. The fourth-order valence-electron chi connectivity index (χ4n) is 5.19. The molecule has 0 unspecified atom stereocenters. The van der Waals surface area contributed by atoms with Crippen molar-refractivity contribution in [2.45, 2.75) is 26.1 Å². The molecule has 3 heterocycles. The van der Waals surface area contributed by atoms with E-state index in [0.29, 0.717) is 13.1 Å². The van der Waals surface area contributed by atoms with Crippen molar-refractivity contribution in [1.29, 1.82) is 0 Å². The van der Waals surface area contributed by atoms with Crippen LogP contribution in [0.1, 0.15) is 34.1 Å². The van der Waals surface area contributed by atoms with Crippen molar-refractivity contribution in [3.05, 3.63) is 131 Å². The monoisotopic (exact) mass is 503 g/mol. The van der Waals surface area contributed by atoms with Gasteiger partial charge in [-0.05, 0) is 54.4 Å². The number of carbonyl (C=O) groups excluding carboxylic acids is 1. The molecular formula is C31H29N5O2. The molecule has 5 aromatic rings. The number of rotatable bonds is 5. The number of aryl methyl sites for hydroxylation is 1. The molecule has 1 aliphatic heterocycles. The van der Waals surface area contributed by atoms with Crippen LogP contribution in [-0.4, -0.2) is 32.4 Å². The van der Waals surface area contributed by atoms with Gasteiger partial charge in [-0.15, -0.1) is 0 Å². The Morgan fingerprint density at radius 3 is 2.50 bits per heavy atom. The van der Waals surface area contributed by atoms with Crippen molar-refractivity contribution in [1.82, 2.24) is 24.6 Å². The molecule has 38 heavy (non-hydrogen) atoms. The van der Waals surface area contributed by atoms with Crippen LogP contribution in [0, 0.1) is 6.92 Å². The molecule has 0 radical (unpaired) electrons. The predicted octanol–water partition coefficient (Wildman–Crippen LogP) is 5.79. The lowest BCUT2D eigenvalue weighted by molar-refractivity contribution is 0.180.